The van der Waals surface area contributed by atoms with E-state index in [4.69, 9.17) is 4.74 Å². The monoisotopic (exact) mass is 326 g/mol. The lowest BCUT2D eigenvalue weighted by Gasteiger charge is -2.27. The van der Waals surface area contributed by atoms with E-state index in [1.54, 1.807) is 0 Å². The second-order valence-corrected chi connectivity index (χ2v) is 6.11. The van der Waals surface area contributed by atoms with Crippen LogP contribution in [-0.4, -0.2) is 31.1 Å². The number of benzene rings is 1. The number of ether oxygens (including phenoxy) is 1. The third-order valence-corrected chi connectivity index (χ3v) is 3.70. The summed E-state index contributed by atoms with van der Waals surface area (Å²) in [7, 11) is 0. The summed E-state index contributed by atoms with van der Waals surface area (Å²) in [5, 5.41) is 6.21. The molecule has 5 heteroatoms. The van der Waals surface area contributed by atoms with Crippen molar-refractivity contribution in [2.75, 3.05) is 13.1 Å². The summed E-state index contributed by atoms with van der Waals surface area (Å²) >= 11 is 0. The SMILES string of the molecule is CC(CCc1ccc(OC(C)C)cc1)NC(=O)C1CNC1.Cl. The zero-order chi connectivity index (χ0) is 15.2. The first kappa shape index (κ1) is 18.8. The molecule has 2 rings (SSSR count). The Labute approximate surface area is 139 Å². The van der Waals surface area contributed by atoms with E-state index in [1.165, 1.54) is 5.56 Å². The molecule has 2 N–H and O–H groups in total. The highest BCUT2D eigenvalue weighted by Gasteiger charge is 2.25. The molecule has 0 bridgehead atoms. The van der Waals surface area contributed by atoms with E-state index in [0.717, 1.165) is 31.7 Å². The number of aryl methyl sites for hydroxylation is 1. The van der Waals surface area contributed by atoms with Gasteiger partial charge in [0.05, 0.1) is 12.0 Å². The average molecular weight is 327 g/mol. The van der Waals surface area contributed by atoms with Crippen molar-refractivity contribution in [3.8, 4) is 5.75 Å². The number of nitrogens with one attached hydrogen (secondary N) is 2. The molecule has 22 heavy (non-hydrogen) atoms. The van der Waals surface area contributed by atoms with Gasteiger partial charge in [-0.2, -0.15) is 0 Å². The zero-order valence-corrected chi connectivity index (χ0v) is 14.4. The Morgan fingerprint density at radius 2 is 1.91 bits per heavy atom. The Hall–Kier alpha value is -1.26. The Kier molecular flexibility index (Phi) is 7.69. The molecule has 4 nitrogen and oxygen atoms in total. The molecular weight excluding hydrogens is 300 g/mol. The first-order valence-electron chi connectivity index (χ1n) is 7.81. The van der Waals surface area contributed by atoms with E-state index in [-0.39, 0.29) is 36.4 Å². The number of hydrogen-bond acceptors (Lipinski definition) is 3. The molecule has 1 amide bonds. The quantitative estimate of drug-likeness (QED) is 0.809. The average Bonchev–Trinajstić information content (AvgIpc) is 2.35. The van der Waals surface area contributed by atoms with Crippen LogP contribution in [0.1, 0.15) is 32.8 Å². The Balaban J connectivity index is 0.00000242. The summed E-state index contributed by atoms with van der Waals surface area (Å²) in [6, 6.07) is 8.44. The molecule has 1 aliphatic rings. The molecule has 1 unspecified atom stereocenters. The first-order valence-corrected chi connectivity index (χ1v) is 7.81. The first-order chi connectivity index (χ1) is 10.0. The number of rotatable bonds is 7. The number of halogens is 1. The van der Waals surface area contributed by atoms with Crippen LogP contribution in [0.15, 0.2) is 24.3 Å². The van der Waals surface area contributed by atoms with Gasteiger partial charge in [-0.25, -0.2) is 0 Å². The molecular formula is C17H27ClN2O2. The largest absolute Gasteiger partial charge is 0.491 e. The summed E-state index contributed by atoms with van der Waals surface area (Å²) < 4.78 is 5.63. The van der Waals surface area contributed by atoms with Crippen LogP contribution in [0.2, 0.25) is 0 Å². The fourth-order valence-corrected chi connectivity index (χ4v) is 2.30. The summed E-state index contributed by atoms with van der Waals surface area (Å²) in [5.41, 5.74) is 1.28. The molecule has 0 saturated carbocycles. The molecule has 1 fully saturated rings. The summed E-state index contributed by atoms with van der Waals surface area (Å²) in [6.07, 6.45) is 2.12. The van der Waals surface area contributed by atoms with E-state index in [0.29, 0.717) is 0 Å². The molecule has 1 heterocycles. The fourth-order valence-electron chi connectivity index (χ4n) is 2.30. The van der Waals surface area contributed by atoms with Gasteiger partial charge >= 0.3 is 0 Å². The van der Waals surface area contributed by atoms with Crippen LogP contribution in [-0.2, 0) is 11.2 Å². The minimum atomic E-state index is 0. The van der Waals surface area contributed by atoms with Crippen molar-refractivity contribution >= 4 is 18.3 Å². The van der Waals surface area contributed by atoms with Crippen LogP contribution in [0.3, 0.4) is 0 Å². The van der Waals surface area contributed by atoms with Crippen LogP contribution < -0.4 is 15.4 Å². The standard InChI is InChI=1S/C17H26N2O2.ClH/c1-12(2)21-16-8-6-14(7-9-16)5-4-13(3)19-17(20)15-10-18-11-15;/h6-9,12-13,15,18H,4-5,10-11H2,1-3H3,(H,19,20);1H. The lowest BCUT2D eigenvalue weighted by Crippen LogP contribution is -2.52. The van der Waals surface area contributed by atoms with Crippen molar-refractivity contribution < 1.29 is 9.53 Å². The van der Waals surface area contributed by atoms with E-state index in [1.807, 2.05) is 26.0 Å². The van der Waals surface area contributed by atoms with E-state index in [9.17, 15) is 4.79 Å². The Morgan fingerprint density at radius 1 is 1.27 bits per heavy atom. The van der Waals surface area contributed by atoms with Crippen LogP contribution >= 0.6 is 12.4 Å². The van der Waals surface area contributed by atoms with Gasteiger partial charge in [-0.3, -0.25) is 4.79 Å². The second kappa shape index (κ2) is 9.01. The highest BCUT2D eigenvalue weighted by Crippen LogP contribution is 2.15. The van der Waals surface area contributed by atoms with Gasteiger partial charge in [-0.1, -0.05) is 12.1 Å². The molecule has 0 aliphatic carbocycles. The maximum Gasteiger partial charge on any atom is 0.225 e. The van der Waals surface area contributed by atoms with Crippen LogP contribution in [0.5, 0.6) is 5.75 Å². The van der Waals surface area contributed by atoms with Crippen molar-refractivity contribution in [3.63, 3.8) is 0 Å². The van der Waals surface area contributed by atoms with E-state index >= 15 is 0 Å². The lowest BCUT2D eigenvalue weighted by molar-refractivity contribution is -0.127. The van der Waals surface area contributed by atoms with Crippen molar-refractivity contribution in [1.82, 2.24) is 10.6 Å². The third-order valence-electron chi connectivity index (χ3n) is 3.70. The summed E-state index contributed by atoms with van der Waals surface area (Å²) in [6.45, 7) is 7.75. The van der Waals surface area contributed by atoms with Crippen LogP contribution in [0.4, 0.5) is 0 Å². The van der Waals surface area contributed by atoms with Crippen LogP contribution in [0.25, 0.3) is 0 Å². The molecule has 0 radical (unpaired) electrons. The van der Waals surface area contributed by atoms with Crippen molar-refractivity contribution in [3.05, 3.63) is 29.8 Å². The predicted octanol–water partition coefficient (Wildman–Crippen LogP) is 2.55. The number of carbonyl (C=O) groups is 1. The predicted molar refractivity (Wildman–Crippen MR) is 91.7 cm³/mol. The van der Waals surface area contributed by atoms with Crippen molar-refractivity contribution in [1.29, 1.82) is 0 Å². The number of carbonyl (C=O) groups excluding carboxylic acids is 1. The molecule has 124 valence electrons. The maximum absolute atomic E-state index is 11.8. The minimum absolute atomic E-state index is 0. The van der Waals surface area contributed by atoms with Gasteiger partial charge in [0, 0.05) is 19.1 Å². The molecule has 1 aromatic rings. The Morgan fingerprint density at radius 3 is 2.41 bits per heavy atom. The van der Waals surface area contributed by atoms with Gasteiger partial charge < -0.3 is 15.4 Å². The lowest BCUT2D eigenvalue weighted by atomic mass is 10.0. The number of hydrogen-bond donors (Lipinski definition) is 2. The summed E-state index contributed by atoms with van der Waals surface area (Å²) in [4.78, 5) is 11.8. The van der Waals surface area contributed by atoms with Gasteiger partial charge in [0.1, 0.15) is 5.75 Å². The summed E-state index contributed by atoms with van der Waals surface area (Å²) in [5.74, 6) is 1.26. The molecule has 1 aliphatic heterocycles. The molecule has 0 aromatic heterocycles. The second-order valence-electron chi connectivity index (χ2n) is 6.11. The van der Waals surface area contributed by atoms with Crippen molar-refractivity contribution in [2.24, 2.45) is 5.92 Å². The van der Waals surface area contributed by atoms with Gasteiger partial charge in [0.25, 0.3) is 0 Å². The molecule has 1 aromatic carbocycles. The third kappa shape index (κ3) is 5.85. The maximum atomic E-state index is 11.8. The fraction of sp³-hybridized carbons (Fsp3) is 0.588. The number of amides is 1. The topological polar surface area (TPSA) is 50.4 Å². The normalized spacial score (nSPS) is 15.6. The minimum Gasteiger partial charge on any atom is -0.491 e. The van der Waals surface area contributed by atoms with Crippen molar-refractivity contribution in [2.45, 2.75) is 45.8 Å². The smallest absolute Gasteiger partial charge is 0.225 e. The highest BCUT2D eigenvalue weighted by atomic mass is 35.5. The molecule has 1 saturated heterocycles. The van der Waals surface area contributed by atoms with E-state index in [2.05, 4.69) is 29.7 Å². The van der Waals surface area contributed by atoms with E-state index < -0.39 is 0 Å². The van der Waals surface area contributed by atoms with Gasteiger partial charge in [-0.15, -0.1) is 12.4 Å². The molecule has 1 atom stereocenters. The zero-order valence-electron chi connectivity index (χ0n) is 13.6. The Bertz CT molecular complexity index is 458. The molecule has 0 spiro atoms. The van der Waals surface area contributed by atoms with Gasteiger partial charge in [0.2, 0.25) is 5.91 Å². The van der Waals surface area contributed by atoms with Crippen LogP contribution in [0, 0.1) is 5.92 Å². The van der Waals surface area contributed by atoms with Gasteiger partial charge in [0.15, 0.2) is 0 Å². The highest BCUT2D eigenvalue weighted by molar-refractivity contribution is 5.85. The van der Waals surface area contributed by atoms with Gasteiger partial charge in [-0.05, 0) is 51.3 Å².